The number of hydrogen-bond acceptors (Lipinski definition) is 5. The molecule has 130 valence electrons. The zero-order valence-corrected chi connectivity index (χ0v) is 14.6. The van der Waals surface area contributed by atoms with Gasteiger partial charge in [-0.15, -0.1) is 0 Å². The lowest BCUT2D eigenvalue weighted by Crippen LogP contribution is -2.32. The third-order valence-electron chi connectivity index (χ3n) is 3.98. The van der Waals surface area contributed by atoms with Gasteiger partial charge in [-0.2, -0.15) is 0 Å². The highest BCUT2D eigenvalue weighted by molar-refractivity contribution is 7.89. The lowest BCUT2D eigenvalue weighted by Gasteiger charge is -2.26. The quantitative estimate of drug-likeness (QED) is 0.771. The molecule has 8 heteroatoms. The maximum absolute atomic E-state index is 12.2. The summed E-state index contributed by atoms with van der Waals surface area (Å²) in [6.07, 6.45) is 1.46. The zero-order chi connectivity index (χ0) is 16.9. The Hall–Kier alpha value is -0.860. The number of benzene rings is 1. The molecule has 0 spiro atoms. The van der Waals surface area contributed by atoms with Crippen LogP contribution in [0.1, 0.15) is 19.3 Å². The summed E-state index contributed by atoms with van der Waals surface area (Å²) < 4.78 is 37.2. The first-order valence-electron chi connectivity index (χ1n) is 7.53. The molecule has 1 fully saturated rings. The fraction of sp³-hybridized carbons (Fsp3) is 0.600. The van der Waals surface area contributed by atoms with E-state index < -0.39 is 16.1 Å². The maximum Gasteiger partial charge on any atom is 0.240 e. The van der Waals surface area contributed by atoms with Crippen LogP contribution >= 0.6 is 11.6 Å². The van der Waals surface area contributed by atoms with Crippen LogP contribution in [0.2, 0.25) is 5.02 Å². The molecule has 0 radical (unpaired) electrons. The van der Waals surface area contributed by atoms with Crippen molar-refractivity contribution in [1.29, 1.82) is 0 Å². The van der Waals surface area contributed by atoms with Crippen molar-refractivity contribution in [2.24, 2.45) is 5.92 Å². The molecule has 0 unspecified atom stereocenters. The van der Waals surface area contributed by atoms with Crippen molar-refractivity contribution in [3.05, 3.63) is 23.2 Å². The zero-order valence-electron chi connectivity index (χ0n) is 13.0. The summed E-state index contributed by atoms with van der Waals surface area (Å²) in [5, 5.41) is 10.4. The van der Waals surface area contributed by atoms with Crippen molar-refractivity contribution < 1.29 is 23.0 Å². The number of hydrogen-bond donors (Lipinski definition) is 2. The highest BCUT2D eigenvalue weighted by atomic mass is 35.5. The van der Waals surface area contributed by atoms with Crippen molar-refractivity contribution in [2.45, 2.75) is 30.3 Å². The molecule has 1 aliphatic heterocycles. The van der Waals surface area contributed by atoms with E-state index in [1.165, 1.54) is 25.3 Å². The van der Waals surface area contributed by atoms with Gasteiger partial charge in [0.2, 0.25) is 10.0 Å². The fourth-order valence-electron chi connectivity index (χ4n) is 2.58. The van der Waals surface area contributed by atoms with Crippen LogP contribution in [-0.4, -0.2) is 46.5 Å². The Labute approximate surface area is 141 Å². The molecule has 2 N–H and O–H groups in total. The third-order valence-corrected chi connectivity index (χ3v) is 5.73. The minimum atomic E-state index is -3.66. The Kier molecular flexibility index (Phi) is 6.67. The molecule has 1 aliphatic rings. The van der Waals surface area contributed by atoms with Crippen LogP contribution in [0.25, 0.3) is 0 Å². The van der Waals surface area contributed by atoms with Gasteiger partial charge < -0.3 is 14.6 Å². The average Bonchev–Trinajstić information content (AvgIpc) is 2.55. The molecule has 1 saturated heterocycles. The Morgan fingerprint density at radius 2 is 2.13 bits per heavy atom. The number of sulfonamides is 1. The number of methoxy groups -OCH3 is 1. The lowest BCUT2D eigenvalue weighted by atomic mass is 9.92. The number of aliphatic hydroxyl groups excluding tert-OH is 1. The molecule has 1 aromatic rings. The Morgan fingerprint density at radius 3 is 2.74 bits per heavy atom. The molecule has 0 amide bonds. The Bertz CT molecular complexity index is 616. The molecule has 6 nitrogen and oxygen atoms in total. The van der Waals surface area contributed by atoms with Gasteiger partial charge in [0.25, 0.3) is 0 Å². The van der Waals surface area contributed by atoms with Crippen LogP contribution in [0.15, 0.2) is 23.1 Å². The van der Waals surface area contributed by atoms with E-state index in [2.05, 4.69) is 4.72 Å². The molecular formula is C15H22ClNO5S. The van der Waals surface area contributed by atoms with E-state index >= 15 is 0 Å². The molecule has 0 saturated carbocycles. The van der Waals surface area contributed by atoms with E-state index in [0.29, 0.717) is 25.4 Å². The second kappa shape index (κ2) is 8.30. The number of ether oxygens (including phenoxy) is 2. The first-order chi connectivity index (χ1) is 10.9. The predicted octanol–water partition coefficient (Wildman–Crippen LogP) is 1.80. The van der Waals surface area contributed by atoms with Gasteiger partial charge in [-0.25, -0.2) is 13.1 Å². The summed E-state index contributed by atoms with van der Waals surface area (Å²) in [5.74, 6) is 0.587. The molecule has 23 heavy (non-hydrogen) atoms. The van der Waals surface area contributed by atoms with Crippen LogP contribution in [0.4, 0.5) is 0 Å². The highest BCUT2D eigenvalue weighted by Gasteiger charge is 2.23. The Morgan fingerprint density at radius 1 is 1.43 bits per heavy atom. The van der Waals surface area contributed by atoms with Crippen LogP contribution in [0.5, 0.6) is 5.75 Å². The van der Waals surface area contributed by atoms with E-state index in [9.17, 15) is 13.5 Å². The topological polar surface area (TPSA) is 84.9 Å². The van der Waals surface area contributed by atoms with Crippen molar-refractivity contribution in [3.8, 4) is 5.75 Å². The van der Waals surface area contributed by atoms with Gasteiger partial charge in [0.05, 0.1) is 23.1 Å². The normalized spacial score (nSPS) is 17.9. The molecule has 0 bridgehead atoms. The first-order valence-corrected chi connectivity index (χ1v) is 9.39. The van der Waals surface area contributed by atoms with E-state index in [-0.39, 0.29) is 22.4 Å². The van der Waals surface area contributed by atoms with Crippen LogP contribution in [-0.2, 0) is 14.8 Å². The summed E-state index contributed by atoms with van der Waals surface area (Å²) in [6, 6.07) is 4.29. The number of nitrogens with one attached hydrogen (secondary N) is 1. The van der Waals surface area contributed by atoms with Crippen molar-refractivity contribution in [2.75, 3.05) is 26.9 Å². The summed E-state index contributed by atoms with van der Waals surface area (Å²) in [4.78, 5) is 0.0730. The molecule has 1 aromatic carbocycles. The van der Waals surface area contributed by atoms with Crippen molar-refractivity contribution >= 4 is 21.6 Å². The van der Waals surface area contributed by atoms with Crippen molar-refractivity contribution in [1.82, 2.24) is 4.72 Å². The van der Waals surface area contributed by atoms with Gasteiger partial charge in [0.15, 0.2) is 0 Å². The molecular weight excluding hydrogens is 342 g/mol. The summed E-state index contributed by atoms with van der Waals surface area (Å²) in [5.41, 5.74) is 0. The molecule has 1 heterocycles. The van der Waals surface area contributed by atoms with E-state index in [4.69, 9.17) is 21.1 Å². The minimum Gasteiger partial charge on any atom is -0.495 e. The minimum absolute atomic E-state index is 0.0730. The molecule has 1 atom stereocenters. The van der Waals surface area contributed by atoms with Gasteiger partial charge in [-0.1, -0.05) is 11.6 Å². The largest absolute Gasteiger partial charge is 0.495 e. The summed E-state index contributed by atoms with van der Waals surface area (Å²) in [7, 11) is -2.20. The second-order valence-corrected chi connectivity index (χ2v) is 7.67. The van der Waals surface area contributed by atoms with Gasteiger partial charge >= 0.3 is 0 Å². The number of halogens is 1. The van der Waals surface area contributed by atoms with E-state index in [1.54, 1.807) is 0 Å². The van der Waals surface area contributed by atoms with Gasteiger partial charge in [0.1, 0.15) is 5.75 Å². The molecule has 0 aromatic heterocycles. The molecule has 2 rings (SSSR count). The van der Waals surface area contributed by atoms with Gasteiger partial charge in [-0.05, 0) is 43.4 Å². The van der Waals surface area contributed by atoms with Crippen LogP contribution in [0, 0.1) is 5.92 Å². The Balaban J connectivity index is 1.89. The van der Waals surface area contributed by atoms with Gasteiger partial charge in [-0.3, -0.25) is 0 Å². The highest BCUT2D eigenvalue weighted by Crippen LogP contribution is 2.27. The third kappa shape index (κ3) is 5.06. The summed E-state index contributed by atoms with van der Waals surface area (Å²) >= 11 is 5.95. The second-order valence-electron chi connectivity index (χ2n) is 5.50. The predicted molar refractivity (Wildman–Crippen MR) is 87.4 cm³/mol. The SMILES string of the molecule is COc1ccc(S(=O)(=O)NCC[C@H](O)C2CCOCC2)cc1Cl. The molecule has 0 aliphatic carbocycles. The van der Waals surface area contributed by atoms with Crippen LogP contribution < -0.4 is 9.46 Å². The maximum atomic E-state index is 12.2. The van der Waals surface area contributed by atoms with Gasteiger partial charge in [0, 0.05) is 19.8 Å². The number of rotatable bonds is 7. The standard InChI is InChI=1S/C15H22ClNO5S/c1-21-15-3-2-12(10-13(15)16)23(19,20)17-7-4-14(18)11-5-8-22-9-6-11/h2-3,10-11,14,17-18H,4-9H2,1H3/t14-/m0/s1. The monoisotopic (exact) mass is 363 g/mol. The van der Waals surface area contributed by atoms with Crippen LogP contribution in [0.3, 0.4) is 0 Å². The smallest absolute Gasteiger partial charge is 0.240 e. The lowest BCUT2D eigenvalue weighted by molar-refractivity contribution is 0.00567. The van der Waals surface area contributed by atoms with E-state index in [1.807, 2.05) is 0 Å². The summed E-state index contributed by atoms with van der Waals surface area (Å²) in [6.45, 7) is 1.47. The fourth-order valence-corrected chi connectivity index (χ4v) is 3.97. The van der Waals surface area contributed by atoms with E-state index in [0.717, 1.165) is 12.8 Å². The first kappa shape index (κ1) is 18.5. The van der Waals surface area contributed by atoms with Crippen molar-refractivity contribution in [3.63, 3.8) is 0 Å². The average molecular weight is 364 g/mol. The number of aliphatic hydroxyl groups is 1.